The smallest absolute Gasteiger partial charge is 0.245 e. The summed E-state index contributed by atoms with van der Waals surface area (Å²) in [7, 11) is -1.95. The molecule has 1 atom stereocenters. The van der Waals surface area contributed by atoms with E-state index in [-0.39, 0.29) is 16.1 Å². The molecule has 1 heterocycles. The molecule has 0 aromatic carbocycles. The predicted molar refractivity (Wildman–Crippen MR) is 65.5 cm³/mol. The molecule has 1 N–H and O–H groups in total. The minimum Gasteiger partial charge on any atom is -0.255 e. The summed E-state index contributed by atoms with van der Waals surface area (Å²) in [6, 6.07) is -0.0457. The molecule has 1 saturated carbocycles. The molecule has 0 aliphatic heterocycles. The van der Waals surface area contributed by atoms with Crippen LogP contribution in [-0.4, -0.2) is 24.2 Å². The minimum absolute atomic E-state index is 0.0457. The Balaban J connectivity index is 2.30. The van der Waals surface area contributed by atoms with Gasteiger partial charge in [-0.3, -0.25) is 4.68 Å². The van der Waals surface area contributed by atoms with Gasteiger partial charge in [-0.15, -0.1) is 0 Å². The summed E-state index contributed by atoms with van der Waals surface area (Å²) in [6.07, 6.45) is 2.17. The molecular formula is C10H16ClN3O2S. The highest BCUT2D eigenvalue weighted by molar-refractivity contribution is 7.89. The second kappa shape index (κ2) is 4.26. The highest BCUT2D eigenvalue weighted by Crippen LogP contribution is 2.33. The van der Waals surface area contributed by atoms with E-state index < -0.39 is 10.0 Å². The van der Waals surface area contributed by atoms with Gasteiger partial charge in [0.15, 0.2) is 0 Å². The fraction of sp³-hybridized carbons (Fsp3) is 0.700. The first kappa shape index (κ1) is 12.9. The lowest BCUT2D eigenvalue weighted by Gasteiger charge is -2.12. The van der Waals surface area contributed by atoms with Gasteiger partial charge in [0.2, 0.25) is 10.0 Å². The third-order valence-corrected chi connectivity index (χ3v) is 5.29. The van der Waals surface area contributed by atoms with E-state index in [1.165, 1.54) is 4.68 Å². The van der Waals surface area contributed by atoms with Crippen LogP contribution in [-0.2, 0) is 17.1 Å². The molecule has 0 bridgehead atoms. The highest BCUT2D eigenvalue weighted by Gasteiger charge is 2.33. The summed E-state index contributed by atoms with van der Waals surface area (Å²) >= 11 is 5.96. The molecule has 96 valence electrons. The van der Waals surface area contributed by atoms with Crippen LogP contribution in [0, 0.1) is 12.8 Å². The molecule has 1 aromatic heterocycles. The zero-order valence-electron chi connectivity index (χ0n) is 10.1. The minimum atomic E-state index is -3.57. The topological polar surface area (TPSA) is 64.0 Å². The Morgan fingerprint density at radius 3 is 2.53 bits per heavy atom. The maximum atomic E-state index is 12.2. The Labute approximate surface area is 106 Å². The van der Waals surface area contributed by atoms with Crippen LogP contribution in [0.3, 0.4) is 0 Å². The van der Waals surface area contributed by atoms with Crippen LogP contribution >= 0.6 is 11.6 Å². The van der Waals surface area contributed by atoms with Crippen molar-refractivity contribution in [3.8, 4) is 0 Å². The van der Waals surface area contributed by atoms with Gasteiger partial charge in [0.25, 0.3) is 0 Å². The molecule has 0 radical (unpaired) electrons. The monoisotopic (exact) mass is 277 g/mol. The van der Waals surface area contributed by atoms with Crippen molar-refractivity contribution in [2.45, 2.75) is 37.6 Å². The highest BCUT2D eigenvalue weighted by atomic mass is 35.5. The summed E-state index contributed by atoms with van der Waals surface area (Å²) in [5, 5.41) is 4.16. The Hall–Kier alpha value is -0.590. The van der Waals surface area contributed by atoms with Crippen molar-refractivity contribution in [2.24, 2.45) is 13.0 Å². The largest absolute Gasteiger partial charge is 0.255 e. The van der Waals surface area contributed by atoms with Gasteiger partial charge >= 0.3 is 0 Å². The molecule has 2 rings (SSSR count). The van der Waals surface area contributed by atoms with Crippen molar-refractivity contribution in [1.29, 1.82) is 0 Å². The fourth-order valence-corrected chi connectivity index (χ4v) is 3.97. The number of nitrogens with zero attached hydrogens (tertiary/aromatic N) is 2. The van der Waals surface area contributed by atoms with Crippen LogP contribution in [0.5, 0.6) is 0 Å². The average Bonchev–Trinajstić information content (AvgIpc) is 2.95. The van der Waals surface area contributed by atoms with Gasteiger partial charge in [-0.2, -0.15) is 5.10 Å². The van der Waals surface area contributed by atoms with Crippen LogP contribution < -0.4 is 4.72 Å². The Morgan fingerprint density at radius 2 is 2.12 bits per heavy atom. The van der Waals surface area contributed by atoms with Gasteiger partial charge in [0, 0.05) is 13.1 Å². The van der Waals surface area contributed by atoms with Gasteiger partial charge in [-0.1, -0.05) is 11.6 Å². The third-order valence-electron chi connectivity index (χ3n) is 3.04. The average molecular weight is 278 g/mol. The molecule has 0 amide bonds. The number of hydrogen-bond acceptors (Lipinski definition) is 3. The van der Waals surface area contributed by atoms with Gasteiger partial charge < -0.3 is 0 Å². The first-order valence-electron chi connectivity index (χ1n) is 5.54. The Morgan fingerprint density at radius 1 is 1.53 bits per heavy atom. The predicted octanol–water partition coefficient (Wildman–Crippen LogP) is 1.46. The Bertz CT molecular complexity index is 534. The van der Waals surface area contributed by atoms with E-state index in [4.69, 9.17) is 11.6 Å². The third kappa shape index (κ3) is 2.48. The SMILES string of the molecule is Cc1nn(C)c(Cl)c1S(=O)(=O)NC(C)C1CC1. The lowest BCUT2D eigenvalue weighted by atomic mass is 10.2. The van der Waals surface area contributed by atoms with Crippen molar-refractivity contribution in [1.82, 2.24) is 14.5 Å². The van der Waals surface area contributed by atoms with Crippen LogP contribution in [0.1, 0.15) is 25.5 Å². The number of rotatable bonds is 4. The number of halogens is 1. The van der Waals surface area contributed by atoms with Crippen molar-refractivity contribution in [3.05, 3.63) is 10.8 Å². The first-order chi connectivity index (χ1) is 7.83. The molecule has 7 heteroatoms. The van der Waals surface area contributed by atoms with E-state index in [2.05, 4.69) is 9.82 Å². The molecule has 1 aliphatic carbocycles. The molecular weight excluding hydrogens is 262 g/mol. The van der Waals surface area contributed by atoms with Crippen LogP contribution in [0.15, 0.2) is 4.90 Å². The van der Waals surface area contributed by atoms with E-state index >= 15 is 0 Å². The van der Waals surface area contributed by atoms with Crippen molar-refractivity contribution in [3.63, 3.8) is 0 Å². The second-order valence-corrected chi connectivity index (χ2v) is 6.59. The summed E-state index contributed by atoms with van der Waals surface area (Å²) in [4.78, 5) is 0.0918. The van der Waals surface area contributed by atoms with E-state index in [0.717, 1.165) is 12.8 Å². The molecule has 0 spiro atoms. The maximum absolute atomic E-state index is 12.2. The lowest BCUT2D eigenvalue weighted by Crippen LogP contribution is -2.34. The summed E-state index contributed by atoms with van der Waals surface area (Å²) < 4.78 is 28.4. The molecule has 1 aliphatic rings. The van der Waals surface area contributed by atoms with Gasteiger partial charge in [0.1, 0.15) is 10.0 Å². The second-order valence-electron chi connectivity index (χ2n) is 4.58. The summed E-state index contributed by atoms with van der Waals surface area (Å²) in [5.74, 6) is 0.459. The van der Waals surface area contributed by atoms with E-state index in [1.54, 1.807) is 14.0 Å². The molecule has 0 saturated heterocycles. The molecule has 1 aromatic rings. The van der Waals surface area contributed by atoms with Crippen LogP contribution in [0.2, 0.25) is 5.15 Å². The van der Waals surface area contributed by atoms with Crippen molar-refractivity contribution < 1.29 is 8.42 Å². The summed E-state index contributed by atoms with van der Waals surface area (Å²) in [5.41, 5.74) is 0.424. The van der Waals surface area contributed by atoms with Gasteiger partial charge in [-0.25, -0.2) is 13.1 Å². The van der Waals surface area contributed by atoms with Crippen molar-refractivity contribution in [2.75, 3.05) is 0 Å². The summed E-state index contributed by atoms with van der Waals surface area (Å²) in [6.45, 7) is 3.52. The fourth-order valence-electron chi connectivity index (χ4n) is 1.91. The van der Waals surface area contributed by atoms with E-state index in [0.29, 0.717) is 11.6 Å². The number of hydrogen-bond donors (Lipinski definition) is 1. The number of sulfonamides is 1. The van der Waals surface area contributed by atoms with Gasteiger partial charge in [-0.05, 0) is 32.6 Å². The van der Waals surface area contributed by atoms with Crippen LogP contribution in [0.4, 0.5) is 0 Å². The first-order valence-corrected chi connectivity index (χ1v) is 7.40. The van der Waals surface area contributed by atoms with Crippen molar-refractivity contribution >= 4 is 21.6 Å². The van der Waals surface area contributed by atoms with E-state index in [9.17, 15) is 8.42 Å². The normalized spacial score (nSPS) is 18.4. The zero-order valence-corrected chi connectivity index (χ0v) is 11.6. The molecule has 1 unspecified atom stereocenters. The maximum Gasteiger partial charge on any atom is 0.245 e. The molecule has 1 fully saturated rings. The number of nitrogens with one attached hydrogen (secondary N) is 1. The number of aryl methyl sites for hydroxylation is 2. The zero-order chi connectivity index (χ0) is 12.8. The van der Waals surface area contributed by atoms with Crippen LogP contribution in [0.25, 0.3) is 0 Å². The van der Waals surface area contributed by atoms with E-state index in [1.807, 2.05) is 6.92 Å². The molecule has 5 nitrogen and oxygen atoms in total. The molecule has 17 heavy (non-hydrogen) atoms. The number of aromatic nitrogens is 2. The lowest BCUT2D eigenvalue weighted by molar-refractivity contribution is 0.537. The Kier molecular flexibility index (Phi) is 3.22. The standard InChI is InChI=1S/C10H16ClN3O2S/c1-6(8-4-5-8)13-17(15,16)9-7(2)12-14(3)10(9)11/h6,8,13H,4-5H2,1-3H3. The van der Waals surface area contributed by atoms with Gasteiger partial charge in [0.05, 0.1) is 5.69 Å². The quantitative estimate of drug-likeness (QED) is 0.906.